The fourth-order valence-corrected chi connectivity index (χ4v) is 7.02. The highest BCUT2D eigenvalue weighted by molar-refractivity contribution is 7.86. The SMILES string of the molecule is CC(OS(C)(=O)=O)[C@H]1CCC2=Cc3c(cnn3-c3ccc(F)cc3)C[C@]2(CO[Si](C)(C)C(C)(C)C)C1. The van der Waals surface area contributed by atoms with Gasteiger partial charge in [0, 0.05) is 12.0 Å². The lowest BCUT2D eigenvalue weighted by Crippen LogP contribution is -2.48. The monoisotopic (exact) mass is 534 g/mol. The van der Waals surface area contributed by atoms with Crippen LogP contribution < -0.4 is 0 Å². The molecule has 2 aromatic rings. The Kier molecular flexibility index (Phi) is 7.18. The van der Waals surface area contributed by atoms with E-state index in [1.165, 1.54) is 17.7 Å². The maximum atomic E-state index is 13.5. The summed E-state index contributed by atoms with van der Waals surface area (Å²) in [6.45, 7) is 13.7. The third-order valence-corrected chi connectivity index (χ3v) is 13.6. The quantitative estimate of drug-likeness (QED) is 0.316. The molecule has 2 aliphatic carbocycles. The Balaban J connectivity index is 1.70. The molecule has 0 saturated heterocycles. The summed E-state index contributed by atoms with van der Waals surface area (Å²) in [7, 11) is -5.55. The second-order valence-corrected chi connectivity index (χ2v) is 18.5. The predicted octanol–water partition coefficient (Wildman–Crippen LogP) is 6.12. The van der Waals surface area contributed by atoms with Gasteiger partial charge in [-0.25, -0.2) is 9.07 Å². The van der Waals surface area contributed by atoms with Crippen LogP contribution in [0.2, 0.25) is 18.1 Å². The zero-order chi connectivity index (χ0) is 26.5. The van der Waals surface area contributed by atoms with Crippen molar-refractivity contribution in [2.75, 3.05) is 12.9 Å². The Morgan fingerprint density at radius 3 is 2.53 bits per heavy atom. The first kappa shape index (κ1) is 27.2. The van der Waals surface area contributed by atoms with Crippen LogP contribution in [0.15, 0.2) is 36.0 Å². The second kappa shape index (κ2) is 9.49. The number of benzene rings is 1. The first-order valence-electron chi connectivity index (χ1n) is 12.7. The average Bonchev–Trinajstić information content (AvgIpc) is 3.16. The van der Waals surface area contributed by atoms with E-state index in [4.69, 9.17) is 8.61 Å². The van der Waals surface area contributed by atoms with E-state index in [9.17, 15) is 12.8 Å². The molecule has 0 N–H and O–H groups in total. The number of hydrogen-bond acceptors (Lipinski definition) is 5. The molecule has 198 valence electrons. The molecule has 1 unspecified atom stereocenters. The van der Waals surface area contributed by atoms with E-state index >= 15 is 0 Å². The molecule has 0 aliphatic heterocycles. The first-order valence-corrected chi connectivity index (χ1v) is 17.4. The van der Waals surface area contributed by atoms with Crippen LogP contribution in [-0.2, 0) is 25.1 Å². The minimum absolute atomic E-state index is 0.0849. The summed E-state index contributed by atoms with van der Waals surface area (Å²) in [6.07, 6.45) is 8.13. The van der Waals surface area contributed by atoms with E-state index in [2.05, 4.69) is 45.0 Å². The molecule has 0 radical (unpaired) electrons. The maximum absolute atomic E-state index is 13.5. The van der Waals surface area contributed by atoms with E-state index in [1.54, 1.807) is 12.1 Å². The number of nitrogens with zero attached hydrogens (tertiary/aromatic N) is 2. The van der Waals surface area contributed by atoms with Crippen molar-refractivity contribution in [1.29, 1.82) is 0 Å². The Hall–Kier alpha value is -1.81. The maximum Gasteiger partial charge on any atom is 0.264 e. The molecule has 1 heterocycles. The van der Waals surface area contributed by atoms with Gasteiger partial charge in [-0.3, -0.25) is 4.18 Å². The molecule has 1 aromatic heterocycles. The summed E-state index contributed by atoms with van der Waals surface area (Å²) in [6, 6.07) is 6.38. The van der Waals surface area contributed by atoms with Gasteiger partial charge in [0.05, 0.1) is 29.9 Å². The van der Waals surface area contributed by atoms with Crippen molar-refractivity contribution in [3.63, 3.8) is 0 Å². The molecule has 0 bridgehead atoms. The van der Waals surface area contributed by atoms with E-state index < -0.39 is 24.5 Å². The third-order valence-electron chi connectivity index (χ3n) is 8.42. The molecule has 1 fully saturated rings. The first-order chi connectivity index (χ1) is 16.6. The minimum atomic E-state index is -3.53. The van der Waals surface area contributed by atoms with Crippen LogP contribution in [-0.4, -0.2) is 45.5 Å². The summed E-state index contributed by atoms with van der Waals surface area (Å²) in [5, 5.41) is 4.74. The van der Waals surface area contributed by atoms with Crippen LogP contribution >= 0.6 is 0 Å². The topological polar surface area (TPSA) is 70.4 Å². The summed E-state index contributed by atoms with van der Waals surface area (Å²) in [4.78, 5) is 0. The molecular formula is C27H39FN2O4SSi. The minimum Gasteiger partial charge on any atom is -0.416 e. The van der Waals surface area contributed by atoms with Gasteiger partial charge in [0.25, 0.3) is 10.1 Å². The van der Waals surface area contributed by atoms with Gasteiger partial charge in [-0.05, 0) is 92.6 Å². The second-order valence-electron chi connectivity index (χ2n) is 12.1. The van der Waals surface area contributed by atoms with E-state index in [0.717, 1.165) is 48.9 Å². The van der Waals surface area contributed by atoms with Gasteiger partial charge in [-0.1, -0.05) is 26.3 Å². The fourth-order valence-electron chi connectivity index (χ4n) is 5.24. The summed E-state index contributed by atoms with van der Waals surface area (Å²) in [5.74, 6) is -0.169. The van der Waals surface area contributed by atoms with Gasteiger partial charge >= 0.3 is 0 Å². The normalized spacial score (nSPS) is 23.6. The van der Waals surface area contributed by atoms with E-state index in [0.29, 0.717) is 6.61 Å². The van der Waals surface area contributed by atoms with Crippen LogP contribution in [0.25, 0.3) is 11.8 Å². The largest absolute Gasteiger partial charge is 0.416 e. The van der Waals surface area contributed by atoms with Crippen molar-refractivity contribution >= 4 is 24.5 Å². The van der Waals surface area contributed by atoms with E-state index in [1.807, 2.05) is 17.8 Å². The third kappa shape index (κ3) is 5.54. The molecule has 6 nitrogen and oxygen atoms in total. The van der Waals surface area contributed by atoms with Gasteiger partial charge in [-0.15, -0.1) is 0 Å². The molecule has 9 heteroatoms. The van der Waals surface area contributed by atoms with Gasteiger partial charge < -0.3 is 4.43 Å². The molecule has 0 amide bonds. The number of hydrogen-bond donors (Lipinski definition) is 0. The molecule has 4 rings (SSSR count). The Morgan fingerprint density at radius 1 is 1.25 bits per heavy atom. The Morgan fingerprint density at radius 2 is 1.92 bits per heavy atom. The highest BCUT2D eigenvalue weighted by atomic mass is 32.2. The van der Waals surface area contributed by atoms with Crippen molar-refractivity contribution in [1.82, 2.24) is 9.78 Å². The van der Waals surface area contributed by atoms with Crippen LogP contribution in [0.3, 0.4) is 0 Å². The van der Waals surface area contributed by atoms with E-state index in [-0.39, 0.29) is 22.2 Å². The highest BCUT2D eigenvalue weighted by Gasteiger charge is 2.47. The number of fused-ring (bicyclic) bond motifs is 2. The zero-order valence-electron chi connectivity index (χ0n) is 22.5. The van der Waals surface area contributed by atoms with Gasteiger partial charge in [0.2, 0.25) is 0 Å². The molecule has 2 aliphatic rings. The van der Waals surface area contributed by atoms with Crippen molar-refractivity contribution in [2.45, 2.75) is 77.6 Å². The van der Waals surface area contributed by atoms with Crippen molar-refractivity contribution in [3.05, 3.63) is 53.1 Å². The lowest BCUT2D eigenvalue weighted by atomic mass is 9.61. The summed E-state index contributed by atoms with van der Waals surface area (Å²) < 4.78 is 51.3. The lowest BCUT2D eigenvalue weighted by Gasteiger charge is -2.48. The van der Waals surface area contributed by atoms with Crippen molar-refractivity contribution in [3.8, 4) is 5.69 Å². The van der Waals surface area contributed by atoms with Gasteiger partial charge in [0.15, 0.2) is 8.32 Å². The zero-order valence-corrected chi connectivity index (χ0v) is 24.3. The standard InChI is InChI=1S/C27H39FN2O4SSi/c1-19(34-35(5,31)32)20-8-9-22-14-25-21(17-29-30(25)24-12-10-23(28)11-13-24)16-27(22,15-20)18-33-36(6,7)26(2,3)4/h10-14,17,19-20H,8-9,15-16,18H2,1-7H3/t19?,20-,27-/m0/s1. The summed E-state index contributed by atoms with van der Waals surface area (Å²) in [5.41, 5.74) is 4.05. The predicted molar refractivity (Wildman–Crippen MR) is 144 cm³/mol. The fraction of sp³-hybridized carbons (Fsp3) is 0.593. The van der Waals surface area contributed by atoms with Gasteiger partial charge in [-0.2, -0.15) is 13.5 Å². The van der Waals surface area contributed by atoms with Crippen molar-refractivity contribution in [2.24, 2.45) is 11.3 Å². The number of halogens is 1. The molecule has 1 aromatic carbocycles. The average molecular weight is 535 g/mol. The number of aromatic nitrogens is 2. The number of rotatable bonds is 7. The molecule has 1 saturated carbocycles. The molecular weight excluding hydrogens is 495 g/mol. The lowest BCUT2D eigenvalue weighted by molar-refractivity contribution is 0.0597. The van der Waals surface area contributed by atoms with Crippen LogP contribution in [0.5, 0.6) is 0 Å². The van der Waals surface area contributed by atoms with Crippen LogP contribution in [0, 0.1) is 17.2 Å². The molecule has 3 atom stereocenters. The summed E-state index contributed by atoms with van der Waals surface area (Å²) >= 11 is 0. The van der Waals surface area contributed by atoms with Crippen LogP contribution in [0.1, 0.15) is 58.2 Å². The Bertz CT molecular complexity index is 1250. The van der Waals surface area contributed by atoms with Crippen molar-refractivity contribution < 1.29 is 21.4 Å². The molecule has 0 spiro atoms. The highest BCUT2D eigenvalue weighted by Crippen LogP contribution is 2.52. The van der Waals surface area contributed by atoms with Gasteiger partial charge in [0.1, 0.15) is 5.82 Å². The van der Waals surface area contributed by atoms with Crippen LogP contribution in [0.4, 0.5) is 4.39 Å². The smallest absolute Gasteiger partial charge is 0.264 e. The Labute approximate surface area is 216 Å². The molecule has 36 heavy (non-hydrogen) atoms.